The Morgan fingerprint density at radius 3 is 3.06 bits per heavy atom. The highest BCUT2D eigenvalue weighted by Gasteiger charge is 2.19. The molecule has 2 heterocycles. The van der Waals surface area contributed by atoms with Gasteiger partial charge in [0.15, 0.2) is 5.13 Å². The molecule has 0 aliphatic carbocycles. The maximum atomic E-state index is 12.0. The molecular formula is C11H16BrN3OS. The van der Waals surface area contributed by atoms with Crippen LogP contribution in [0.5, 0.6) is 0 Å². The number of rotatable bonds is 2. The molecule has 0 radical (unpaired) electrons. The van der Waals surface area contributed by atoms with Crippen molar-refractivity contribution in [2.75, 3.05) is 11.9 Å². The molecule has 1 aromatic heterocycles. The molecule has 1 unspecified atom stereocenters. The summed E-state index contributed by atoms with van der Waals surface area (Å²) in [4.78, 5) is 16.1. The Morgan fingerprint density at radius 1 is 1.47 bits per heavy atom. The molecule has 0 spiro atoms. The van der Waals surface area contributed by atoms with Crippen molar-refractivity contribution in [3.63, 3.8) is 0 Å². The molecule has 6 heteroatoms. The number of carbonyl (C=O) groups excluding carboxylic acids is 1. The van der Waals surface area contributed by atoms with Crippen molar-refractivity contribution in [1.82, 2.24) is 10.3 Å². The standard InChI is InChI=1S/C11H16BrN3OS/c12-9-7-14-11(17-9)15-10(16)8-5-3-1-2-4-6-13-8/h7-8,13H,1-6H2,(H,14,15,16). The molecule has 1 aliphatic heterocycles. The van der Waals surface area contributed by atoms with Gasteiger partial charge in [0.25, 0.3) is 0 Å². The summed E-state index contributed by atoms with van der Waals surface area (Å²) in [6, 6.07) is -0.0713. The lowest BCUT2D eigenvalue weighted by Gasteiger charge is -2.19. The third-order valence-corrected chi connectivity index (χ3v) is 4.23. The van der Waals surface area contributed by atoms with Gasteiger partial charge in [-0.05, 0) is 35.3 Å². The first-order valence-electron chi connectivity index (χ1n) is 5.91. The van der Waals surface area contributed by atoms with E-state index in [0.29, 0.717) is 5.13 Å². The third-order valence-electron chi connectivity index (χ3n) is 2.83. The van der Waals surface area contributed by atoms with Crippen LogP contribution in [-0.4, -0.2) is 23.5 Å². The van der Waals surface area contributed by atoms with Crippen molar-refractivity contribution in [1.29, 1.82) is 0 Å². The number of hydrogen-bond acceptors (Lipinski definition) is 4. The SMILES string of the molecule is O=C(Nc1ncc(Br)s1)C1CCCCCCN1. The van der Waals surface area contributed by atoms with Crippen molar-refractivity contribution in [2.45, 2.75) is 38.1 Å². The zero-order valence-electron chi connectivity index (χ0n) is 9.54. The van der Waals surface area contributed by atoms with Gasteiger partial charge in [-0.2, -0.15) is 0 Å². The zero-order valence-corrected chi connectivity index (χ0v) is 11.9. The van der Waals surface area contributed by atoms with Crippen LogP contribution in [-0.2, 0) is 4.79 Å². The second-order valence-corrected chi connectivity index (χ2v) is 6.58. The van der Waals surface area contributed by atoms with Gasteiger partial charge in [0, 0.05) is 0 Å². The summed E-state index contributed by atoms with van der Waals surface area (Å²) in [5, 5.41) is 6.82. The average molecular weight is 318 g/mol. The largest absolute Gasteiger partial charge is 0.306 e. The normalized spacial score (nSPS) is 21.6. The number of amides is 1. The van der Waals surface area contributed by atoms with Crippen LogP contribution in [0.2, 0.25) is 0 Å². The van der Waals surface area contributed by atoms with Crippen LogP contribution >= 0.6 is 27.3 Å². The summed E-state index contributed by atoms with van der Waals surface area (Å²) in [5.74, 6) is 0.0359. The number of thiazole rings is 1. The van der Waals surface area contributed by atoms with Gasteiger partial charge in [-0.1, -0.05) is 30.6 Å². The van der Waals surface area contributed by atoms with Gasteiger partial charge in [0.05, 0.1) is 16.0 Å². The van der Waals surface area contributed by atoms with E-state index >= 15 is 0 Å². The summed E-state index contributed by atoms with van der Waals surface area (Å²) < 4.78 is 0.929. The quantitative estimate of drug-likeness (QED) is 0.881. The number of nitrogens with zero attached hydrogens (tertiary/aromatic N) is 1. The molecule has 0 aromatic carbocycles. The van der Waals surface area contributed by atoms with E-state index in [-0.39, 0.29) is 11.9 Å². The molecule has 1 amide bonds. The number of anilines is 1. The number of hydrogen-bond donors (Lipinski definition) is 2. The highest BCUT2D eigenvalue weighted by Crippen LogP contribution is 2.23. The summed E-state index contributed by atoms with van der Waals surface area (Å²) in [6.07, 6.45) is 7.39. The first kappa shape index (κ1) is 13.0. The van der Waals surface area contributed by atoms with Gasteiger partial charge in [-0.3, -0.25) is 4.79 Å². The van der Waals surface area contributed by atoms with Crippen LogP contribution < -0.4 is 10.6 Å². The maximum Gasteiger partial charge on any atom is 0.243 e. The first-order chi connectivity index (χ1) is 8.25. The Kier molecular flexibility index (Phi) is 4.94. The minimum Gasteiger partial charge on any atom is -0.306 e. The number of halogens is 1. The predicted molar refractivity (Wildman–Crippen MR) is 73.3 cm³/mol. The van der Waals surface area contributed by atoms with Crippen molar-refractivity contribution < 1.29 is 4.79 Å². The fourth-order valence-corrected chi connectivity index (χ4v) is 3.04. The molecule has 1 fully saturated rings. The van der Waals surface area contributed by atoms with E-state index in [4.69, 9.17) is 0 Å². The number of nitrogens with one attached hydrogen (secondary N) is 2. The molecule has 1 atom stereocenters. The molecule has 1 aromatic rings. The fraction of sp³-hybridized carbons (Fsp3) is 0.636. The molecule has 17 heavy (non-hydrogen) atoms. The van der Waals surface area contributed by atoms with E-state index in [1.165, 1.54) is 24.2 Å². The molecule has 1 aliphatic rings. The van der Waals surface area contributed by atoms with Crippen molar-refractivity contribution >= 4 is 38.3 Å². The number of carbonyl (C=O) groups is 1. The summed E-state index contributed by atoms with van der Waals surface area (Å²) >= 11 is 4.77. The third kappa shape index (κ3) is 4.04. The van der Waals surface area contributed by atoms with Gasteiger partial charge in [0.2, 0.25) is 5.91 Å². The van der Waals surface area contributed by atoms with Crippen molar-refractivity contribution in [3.05, 3.63) is 9.98 Å². The lowest BCUT2D eigenvalue weighted by Crippen LogP contribution is -2.41. The van der Waals surface area contributed by atoms with Crippen LogP contribution in [0.15, 0.2) is 9.98 Å². The van der Waals surface area contributed by atoms with Gasteiger partial charge < -0.3 is 10.6 Å². The summed E-state index contributed by atoms with van der Waals surface area (Å²) in [5.41, 5.74) is 0. The minimum atomic E-state index is -0.0713. The van der Waals surface area contributed by atoms with Crippen LogP contribution in [0.3, 0.4) is 0 Å². The topological polar surface area (TPSA) is 54.0 Å². The molecule has 0 bridgehead atoms. The molecule has 0 saturated carbocycles. The van der Waals surface area contributed by atoms with Crippen LogP contribution in [0, 0.1) is 0 Å². The van der Waals surface area contributed by atoms with E-state index in [0.717, 1.165) is 29.6 Å². The van der Waals surface area contributed by atoms with Gasteiger partial charge in [-0.15, -0.1) is 0 Å². The monoisotopic (exact) mass is 317 g/mol. The molecule has 2 N–H and O–H groups in total. The predicted octanol–water partition coefficient (Wildman–Crippen LogP) is 2.77. The van der Waals surface area contributed by atoms with E-state index in [1.54, 1.807) is 6.20 Å². The van der Waals surface area contributed by atoms with E-state index in [1.807, 2.05) is 0 Å². The second-order valence-electron chi connectivity index (χ2n) is 4.17. The smallest absolute Gasteiger partial charge is 0.243 e. The van der Waals surface area contributed by atoms with E-state index in [9.17, 15) is 4.79 Å². The van der Waals surface area contributed by atoms with Crippen LogP contribution in [0.1, 0.15) is 32.1 Å². The maximum absolute atomic E-state index is 12.0. The van der Waals surface area contributed by atoms with Gasteiger partial charge in [-0.25, -0.2) is 4.98 Å². The molecule has 2 rings (SSSR count). The van der Waals surface area contributed by atoms with Crippen LogP contribution in [0.25, 0.3) is 0 Å². The Bertz CT molecular complexity index is 375. The first-order valence-corrected chi connectivity index (χ1v) is 7.52. The number of aromatic nitrogens is 1. The molecule has 1 saturated heterocycles. The Morgan fingerprint density at radius 2 is 2.29 bits per heavy atom. The highest BCUT2D eigenvalue weighted by atomic mass is 79.9. The lowest BCUT2D eigenvalue weighted by molar-refractivity contribution is -0.118. The second kappa shape index (κ2) is 6.47. The minimum absolute atomic E-state index is 0.0359. The van der Waals surface area contributed by atoms with Crippen molar-refractivity contribution in [2.24, 2.45) is 0 Å². The molecule has 4 nitrogen and oxygen atoms in total. The van der Waals surface area contributed by atoms with Gasteiger partial charge >= 0.3 is 0 Å². The summed E-state index contributed by atoms with van der Waals surface area (Å²) in [6.45, 7) is 0.930. The lowest BCUT2D eigenvalue weighted by atomic mass is 10.0. The highest BCUT2D eigenvalue weighted by molar-refractivity contribution is 9.11. The molecule has 94 valence electrons. The Balaban J connectivity index is 1.89. The zero-order chi connectivity index (χ0) is 12.1. The van der Waals surface area contributed by atoms with E-state index < -0.39 is 0 Å². The Hall–Kier alpha value is -0.460. The van der Waals surface area contributed by atoms with E-state index in [2.05, 4.69) is 31.5 Å². The average Bonchev–Trinajstić information content (AvgIpc) is 2.63. The van der Waals surface area contributed by atoms with Crippen LogP contribution in [0.4, 0.5) is 5.13 Å². The Labute approximate surface area is 113 Å². The molecular weight excluding hydrogens is 302 g/mol. The summed E-state index contributed by atoms with van der Waals surface area (Å²) in [7, 11) is 0. The fourth-order valence-electron chi connectivity index (χ4n) is 1.93. The van der Waals surface area contributed by atoms with Crippen molar-refractivity contribution in [3.8, 4) is 0 Å². The van der Waals surface area contributed by atoms with Gasteiger partial charge in [0.1, 0.15) is 0 Å².